The maximum atomic E-state index is 11.5. The maximum Gasteiger partial charge on any atom is 0.345 e. The van der Waals surface area contributed by atoms with Gasteiger partial charge >= 0.3 is 11.6 Å². The third-order valence-corrected chi connectivity index (χ3v) is 2.43. The number of carbonyl (C=O) groups excluding carboxylic acids is 1. The van der Waals surface area contributed by atoms with Crippen molar-refractivity contribution in [2.75, 3.05) is 13.7 Å². The molecule has 2 aromatic rings. The van der Waals surface area contributed by atoms with E-state index in [2.05, 4.69) is 14.8 Å². The second-order valence-electron chi connectivity index (χ2n) is 3.67. The van der Waals surface area contributed by atoms with Crippen LogP contribution in [0.5, 0.6) is 5.75 Å². The number of rotatable bonds is 4. The molecular formula is C12H9N3O5. The van der Waals surface area contributed by atoms with Crippen LogP contribution in [-0.2, 0) is 9.53 Å². The van der Waals surface area contributed by atoms with E-state index in [9.17, 15) is 9.59 Å². The number of carbonyl (C=O) groups is 1. The summed E-state index contributed by atoms with van der Waals surface area (Å²) in [5.41, 5.74) is 7.71. The van der Waals surface area contributed by atoms with Crippen molar-refractivity contribution in [1.82, 2.24) is 0 Å². The Kier molecular flexibility index (Phi) is 3.88. The van der Waals surface area contributed by atoms with Crippen molar-refractivity contribution < 1.29 is 18.7 Å². The van der Waals surface area contributed by atoms with Crippen molar-refractivity contribution in [3.05, 3.63) is 45.1 Å². The molecule has 1 aromatic heterocycles. The predicted octanol–water partition coefficient (Wildman–Crippen LogP) is 2.29. The van der Waals surface area contributed by atoms with Crippen LogP contribution in [0.2, 0.25) is 0 Å². The molecule has 20 heavy (non-hydrogen) atoms. The molecule has 2 rings (SSSR count). The second kappa shape index (κ2) is 5.77. The lowest BCUT2D eigenvalue weighted by Crippen LogP contribution is -2.12. The lowest BCUT2D eigenvalue weighted by Gasteiger charge is -2.05. The molecule has 0 unspecified atom stereocenters. The van der Waals surface area contributed by atoms with Gasteiger partial charge in [0.2, 0.25) is 0 Å². The van der Waals surface area contributed by atoms with E-state index in [1.165, 1.54) is 19.2 Å². The number of hydrogen-bond donors (Lipinski definition) is 0. The minimum atomic E-state index is -0.750. The van der Waals surface area contributed by atoms with Crippen LogP contribution in [0.1, 0.15) is 0 Å². The monoisotopic (exact) mass is 275 g/mol. The molecular weight excluding hydrogens is 266 g/mol. The van der Waals surface area contributed by atoms with Gasteiger partial charge in [-0.25, -0.2) is 9.59 Å². The zero-order chi connectivity index (χ0) is 14.5. The Labute approximate surface area is 112 Å². The Morgan fingerprint density at radius 2 is 2.25 bits per heavy atom. The SMILES string of the molecule is COC(=O)COc1ccc2cc(N=[N+]=[N-])c(=O)oc2c1. The van der Waals surface area contributed by atoms with Gasteiger partial charge < -0.3 is 13.9 Å². The molecule has 0 atom stereocenters. The van der Waals surface area contributed by atoms with Crippen LogP contribution in [0, 0.1) is 0 Å². The number of esters is 1. The van der Waals surface area contributed by atoms with Crippen LogP contribution in [0.25, 0.3) is 21.4 Å². The molecule has 0 aliphatic rings. The highest BCUT2D eigenvalue weighted by Gasteiger charge is 2.06. The van der Waals surface area contributed by atoms with Gasteiger partial charge in [-0.05, 0) is 23.7 Å². The van der Waals surface area contributed by atoms with Gasteiger partial charge in [0.25, 0.3) is 0 Å². The van der Waals surface area contributed by atoms with Crippen LogP contribution in [0.3, 0.4) is 0 Å². The molecule has 0 saturated heterocycles. The summed E-state index contributed by atoms with van der Waals surface area (Å²) in [5, 5.41) is 3.80. The molecule has 102 valence electrons. The van der Waals surface area contributed by atoms with Crippen molar-refractivity contribution in [2.24, 2.45) is 5.11 Å². The Morgan fingerprint density at radius 3 is 2.95 bits per heavy atom. The third-order valence-electron chi connectivity index (χ3n) is 2.43. The number of azide groups is 1. The Bertz CT molecular complexity index is 761. The van der Waals surface area contributed by atoms with E-state index in [0.29, 0.717) is 11.1 Å². The van der Waals surface area contributed by atoms with Crippen molar-refractivity contribution in [1.29, 1.82) is 0 Å². The highest BCUT2D eigenvalue weighted by molar-refractivity contribution is 5.80. The van der Waals surface area contributed by atoms with Crippen molar-refractivity contribution >= 4 is 22.6 Å². The van der Waals surface area contributed by atoms with E-state index in [4.69, 9.17) is 14.7 Å². The van der Waals surface area contributed by atoms with Gasteiger partial charge in [-0.2, -0.15) is 0 Å². The lowest BCUT2D eigenvalue weighted by molar-refractivity contribution is -0.142. The molecule has 0 radical (unpaired) electrons. The molecule has 1 aromatic carbocycles. The van der Waals surface area contributed by atoms with E-state index in [-0.39, 0.29) is 17.9 Å². The smallest absolute Gasteiger partial charge is 0.345 e. The highest BCUT2D eigenvalue weighted by atomic mass is 16.6. The van der Waals surface area contributed by atoms with Gasteiger partial charge in [-0.3, -0.25) is 0 Å². The fourth-order valence-electron chi connectivity index (χ4n) is 1.49. The number of hydrogen-bond acceptors (Lipinski definition) is 6. The minimum Gasteiger partial charge on any atom is -0.482 e. The average Bonchev–Trinajstić information content (AvgIpc) is 2.45. The van der Waals surface area contributed by atoms with Gasteiger partial charge in [-0.15, -0.1) is 0 Å². The topological polar surface area (TPSA) is 115 Å². The van der Waals surface area contributed by atoms with Crippen LogP contribution in [0.4, 0.5) is 5.69 Å². The van der Waals surface area contributed by atoms with E-state index in [0.717, 1.165) is 0 Å². The minimum absolute atomic E-state index is 0.122. The summed E-state index contributed by atoms with van der Waals surface area (Å²) in [6.45, 7) is -0.247. The van der Waals surface area contributed by atoms with Crippen LogP contribution < -0.4 is 10.4 Å². The summed E-state index contributed by atoms with van der Waals surface area (Å²) in [7, 11) is 1.25. The second-order valence-corrected chi connectivity index (χ2v) is 3.67. The van der Waals surface area contributed by atoms with Gasteiger partial charge in [-0.1, -0.05) is 5.11 Å². The van der Waals surface area contributed by atoms with Crippen LogP contribution in [0.15, 0.2) is 38.6 Å². The largest absolute Gasteiger partial charge is 0.482 e. The Hall–Kier alpha value is -2.99. The molecule has 0 aliphatic carbocycles. The molecule has 0 aliphatic heterocycles. The first-order valence-corrected chi connectivity index (χ1v) is 5.46. The zero-order valence-corrected chi connectivity index (χ0v) is 10.4. The summed E-state index contributed by atoms with van der Waals surface area (Å²) < 4.78 is 14.6. The quantitative estimate of drug-likeness (QED) is 0.279. The first-order chi connectivity index (χ1) is 9.63. The van der Waals surface area contributed by atoms with Crippen molar-refractivity contribution in [3.63, 3.8) is 0 Å². The predicted molar refractivity (Wildman–Crippen MR) is 68.8 cm³/mol. The van der Waals surface area contributed by atoms with Gasteiger partial charge in [0.05, 0.1) is 7.11 Å². The Morgan fingerprint density at radius 1 is 1.45 bits per heavy atom. The number of methoxy groups -OCH3 is 1. The van der Waals surface area contributed by atoms with E-state index in [1.807, 2.05) is 0 Å². The normalized spacial score (nSPS) is 9.85. The standard InChI is InChI=1S/C12H9N3O5/c1-18-11(16)6-19-8-3-2-7-4-9(14-15-13)12(17)20-10(7)5-8/h2-5H,6H2,1H3. The molecule has 0 fully saturated rings. The number of nitrogens with zero attached hydrogens (tertiary/aromatic N) is 3. The van der Waals surface area contributed by atoms with Gasteiger partial charge in [0.15, 0.2) is 6.61 Å². The number of ether oxygens (including phenoxy) is 2. The molecule has 8 nitrogen and oxygen atoms in total. The summed E-state index contributed by atoms with van der Waals surface area (Å²) in [5.74, 6) is -0.173. The van der Waals surface area contributed by atoms with E-state index < -0.39 is 11.6 Å². The summed E-state index contributed by atoms with van der Waals surface area (Å²) in [6.07, 6.45) is 0. The van der Waals surface area contributed by atoms with E-state index >= 15 is 0 Å². The first-order valence-electron chi connectivity index (χ1n) is 5.46. The van der Waals surface area contributed by atoms with Gasteiger partial charge in [0, 0.05) is 16.4 Å². The molecule has 0 saturated carbocycles. The molecule has 0 spiro atoms. The third kappa shape index (κ3) is 2.88. The van der Waals surface area contributed by atoms with Crippen LogP contribution >= 0.6 is 0 Å². The summed E-state index contributed by atoms with van der Waals surface area (Å²) in [4.78, 5) is 25.0. The average molecular weight is 275 g/mol. The fourth-order valence-corrected chi connectivity index (χ4v) is 1.49. The molecule has 8 heteroatoms. The number of benzene rings is 1. The molecule has 0 bridgehead atoms. The van der Waals surface area contributed by atoms with E-state index in [1.54, 1.807) is 12.1 Å². The van der Waals surface area contributed by atoms with Gasteiger partial charge in [0.1, 0.15) is 17.0 Å². The first kappa shape index (κ1) is 13.4. The zero-order valence-electron chi connectivity index (χ0n) is 10.4. The van der Waals surface area contributed by atoms with Crippen molar-refractivity contribution in [2.45, 2.75) is 0 Å². The molecule has 0 amide bonds. The fraction of sp³-hybridized carbons (Fsp3) is 0.167. The van der Waals surface area contributed by atoms with Crippen LogP contribution in [-0.4, -0.2) is 19.7 Å². The maximum absolute atomic E-state index is 11.5. The number of fused-ring (bicyclic) bond motifs is 1. The summed E-state index contributed by atoms with van der Waals surface area (Å²) >= 11 is 0. The molecule has 0 N–H and O–H groups in total. The lowest BCUT2D eigenvalue weighted by atomic mass is 10.2. The highest BCUT2D eigenvalue weighted by Crippen LogP contribution is 2.22. The van der Waals surface area contributed by atoms with Crippen molar-refractivity contribution in [3.8, 4) is 5.75 Å². The Balaban J connectivity index is 2.35. The summed E-state index contributed by atoms with van der Waals surface area (Å²) in [6, 6.07) is 6.07. The molecule has 1 heterocycles.